The van der Waals surface area contributed by atoms with Gasteiger partial charge >= 0.3 is 5.69 Å². The standard InChI is InChI=1S/C24H17N3O3/c1-14-18(17-10-4-5-11-20(17)25-14)13-19-22(28)26-24(30)27(23(19)29)21-12-6-8-15-7-2-3-9-16(15)21/h2-13,29H,1H3,(H,26,28,30)/b18-13-. The van der Waals surface area contributed by atoms with Crippen molar-refractivity contribution in [1.29, 1.82) is 0 Å². The number of nitrogens with one attached hydrogen (secondary N) is 1. The minimum atomic E-state index is -0.701. The largest absolute Gasteiger partial charge is 0.494 e. The summed E-state index contributed by atoms with van der Waals surface area (Å²) in [6, 6.07) is 20.6. The zero-order valence-corrected chi connectivity index (χ0v) is 16.1. The lowest BCUT2D eigenvalue weighted by Crippen LogP contribution is -2.30. The maximum absolute atomic E-state index is 12.7. The molecule has 0 saturated heterocycles. The summed E-state index contributed by atoms with van der Waals surface area (Å²) in [7, 11) is 0. The number of nitrogens with zero attached hydrogens (tertiary/aromatic N) is 2. The maximum atomic E-state index is 12.7. The first-order valence-electron chi connectivity index (χ1n) is 9.48. The van der Waals surface area contributed by atoms with Crippen LogP contribution < -0.4 is 11.2 Å². The van der Waals surface area contributed by atoms with Crippen molar-refractivity contribution in [2.75, 3.05) is 0 Å². The van der Waals surface area contributed by atoms with E-state index in [1.54, 1.807) is 18.2 Å². The number of rotatable bonds is 2. The van der Waals surface area contributed by atoms with Gasteiger partial charge in [0.15, 0.2) is 0 Å². The third-order valence-electron chi connectivity index (χ3n) is 5.29. The van der Waals surface area contributed by atoms with Crippen LogP contribution >= 0.6 is 0 Å². The number of allylic oxidation sites excluding steroid dienone is 1. The summed E-state index contributed by atoms with van der Waals surface area (Å²) in [6.07, 6.45) is 1.58. The monoisotopic (exact) mass is 395 g/mol. The van der Waals surface area contributed by atoms with Crippen LogP contribution in [0.25, 0.3) is 28.1 Å². The zero-order chi connectivity index (χ0) is 20.8. The molecular weight excluding hydrogens is 378 g/mol. The Balaban J connectivity index is 1.78. The van der Waals surface area contributed by atoms with Crippen molar-refractivity contribution in [2.24, 2.45) is 4.99 Å². The molecule has 0 atom stereocenters. The normalized spacial score (nSPS) is 14.2. The Morgan fingerprint density at radius 2 is 1.70 bits per heavy atom. The molecule has 0 saturated carbocycles. The topological polar surface area (TPSA) is 87.4 Å². The van der Waals surface area contributed by atoms with E-state index in [1.165, 1.54) is 0 Å². The van der Waals surface area contributed by atoms with Crippen molar-refractivity contribution in [3.63, 3.8) is 0 Å². The first kappa shape index (κ1) is 17.9. The van der Waals surface area contributed by atoms with Gasteiger partial charge < -0.3 is 5.11 Å². The Kier molecular flexibility index (Phi) is 3.99. The van der Waals surface area contributed by atoms with Gasteiger partial charge in [0.05, 0.1) is 11.4 Å². The number of H-pyrrole nitrogens is 1. The number of hydrogen-bond acceptors (Lipinski definition) is 4. The van der Waals surface area contributed by atoms with Crippen LogP contribution in [0.15, 0.2) is 81.3 Å². The van der Waals surface area contributed by atoms with Crippen LogP contribution in [-0.2, 0) is 0 Å². The van der Waals surface area contributed by atoms with E-state index >= 15 is 0 Å². The van der Waals surface area contributed by atoms with Crippen molar-refractivity contribution in [2.45, 2.75) is 6.92 Å². The van der Waals surface area contributed by atoms with Gasteiger partial charge in [0.25, 0.3) is 5.56 Å². The molecular formula is C24H17N3O3. The molecule has 0 unspecified atom stereocenters. The minimum absolute atomic E-state index is 0.00351. The lowest BCUT2D eigenvalue weighted by Gasteiger charge is -2.13. The molecule has 2 N–H and O–H groups in total. The van der Waals surface area contributed by atoms with Crippen molar-refractivity contribution in [3.8, 4) is 11.6 Å². The van der Waals surface area contributed by atoms with Crippen molar-refractivity contribution in [3.05, 3.63) is 98.7 Å². The molecule has 6 heteroatoms. The highest BCUT2D eigenvalue weighted by molar-refractivity contribution is 6.31. The number of aromatic nitrogens is 2. The summed E-state index contributed by atoms with van der Waals surface area (Å²) < 4.78 is 1.13. The lowest BCUT2D eigenvalue weighted by molar-refractivity contribution is 0.430. The van der Waals surface area contributed by atoms with Crippen LogP contribution in [0.3, 0.4) is 0 Å². The molecule has 6 nitrogen and oxygen atoms in total. The second-order valence-corrected chi connectivity index (χ2v) is 7.10. The minimum Gasteiger partial charge on any atom is -0.494 e. The number of aromatic hydroxyl groups is 1. The molecule has 0 amide bonds. The van der Waals surface area contributed by atoms with Gasteiger partial charge in [-0.2, -0.15) is 0 Å². The SMILES string of the molecule is CC1=Nc2ccccc2/C1=C\c1c(O)n(-c2cccc3ccccc23)c(=O)[nH]c1=O. The van der Waals surface area contributed by atoms with E-state index in [2.05, 4.69) is 9.98 Å². The predicted octanol–water partition coefficient (Wildman–Crippen LogP) is 4.03. The fraction of sp³-hybridized carbons (Fsp3) is 0.0417. The van der Waals surface area contributed by atoms with Gasteiger partial charge in [-0.25, -0.2) is 9.36 Å². The molecule has 0 spiro atoms. The summed E-state index contributed by atoms with van der Waals surface area (Å²) in [5.74, 6) is -0.412. The molecule has 5 rings (SSSR count). The number of hydrogen-bond donors (Lipinski definition) is 2. The van der Waals surface area contributed by atoms with Crippen LogP contribution in [0.4, 0.5) is 5.69 Å². The number of para-hydroxylation sites is 1. The summed E-state index contributed by atoms with van der Waals surface area (Å²) in [6.45, 7) is 1.85. The first-order valence-corrected chi connectivity index (χ1v) is 9.48. The van der Waals surface area contributed by atoms with Crippen LogP contribution in [0.1, 0.15) is 18.1 Å². The molecule has 1 aromatic heterocycles. The molecule has 0 aliphatic carbocycles. The quantitative estimate of drug-likeness (QED) is 0.537. The van der Waals surface area contributed by atoms with Crippen molar-refractivity contribution < 1.29 is 5.11 Å². The number of aliphatic imine (C=N–C) groups is 1. The Bertz CT molecular complexity index is 1500. The van der Waals surface area contributed by atoms with Gasteiger partial charge in [-0.3, -0.25) is 14.8 Å². The maximum Gasteiger partial charge on any atom is 0.335 e. The van der Waals surface area contributed by atoms with E-state index in [4.69, 9.17) is 0 Å². The Morgan fingerprint density at radius 1 is 0.967 bits per heavy atom. The Labute approximate surface area is 171 Å². The summed E-state index contributed by atoms with van der Waals surface area (Å²) in [5, 5.41) is 12.7. The third kappa shape index (κ3) is 2.69. The third-order valence-corrected chi connectivity index (χ3v) is 5.29. The highest BCUT2D eigenvalue weighted by atomic mass is 16.3. The Morgan fingerprint density at radius 3 is 2.57 bits per heavy atom. The predicted molar refractivity (Wildman–Crippen MR) is 119 cm³/mol. The summed E-state index contributed by atoms with van der Waals surface area (Å²) >= 11 is 0. The van der Waals surface area contributed by atoms with Crippen LogP contribution in [0.2, 0.25) is 0 Å². The lowest BCUT2D eigenvalue weighted by atomic mass is 10.0. The second kappa shape index (κ2) is 6.70. The number of aromatic amines is 1. The molecule has 0 fully saturated rings. The molecule has 146 valence electrons. The van der Waals surface area contributed by atoms with Gasteiger partial charge in [0.1, 0.15) is 5.56 Å². The summed E-state index contributed by atoms with van der Waals surface area (Å²) in [5.41, 5.74) is 2.28. The Hall–Kier alpha value is -4.19. The second-order valence-electron chi connectivity index (χ2n) is 7.10. The molecule has 0 radical (unpaired) electrons. The van der Waals surface area contributed by atoms with Gasteiger partial charge in [-0.1, -0.05) is 54.6 Å². The molecule has 4 aromatic rings. The van der Waals surface area contributed by atoms with E-state index < -0.39 is 17.1 Å². The van der Waals surface area contributed by atoms with Gasteiger partial charge in [0, 0.05) is 22.2 Å². The molecule has 1 aliphatic rings. The highest BCUT2D eigenvalue weighted by Gasteiger charge is 2.21. The average Bonchev–Trinajstić information content (AvgIpc) is 3.06. The number of fused-ring (bicyclic) bond motifs is 2. The average molecular weight is 395 g/mol. The van der Waals surface area contributed by atoms with Crippen LogP contribution in [0.5, 0.6) is 5.88 Å². The molecule has 30 heavy (non-hydrogen) atoms. The summed E-state index contributed by atoms with van der Waals surface area (Å²) in [4.78, 5) is 32.1. The van der Waals surface area contributed by atoms with E-state index in [0.717, 1.165) is 37.9 Å². The van der Waals surface area contributed by atoms with Crippen molar-refractivity contribution >= 4 is 33.8 Å². The molecule has 0 bridgehead atoms. The molecule has 3 aromatic carbocycles. The van der Waals surface area contributed by atoms with E-state index in [0.29, 0.717) is 5.69 Å². The van der Waals surface area contributed by atoms with Crippen LogP contribution in [0, 0.1) is 0 Å². The van der Waals surface area contributed by atoms with Gasteiger partial charge in [-0.15, -0.1) is 0 Å². The van der Waals surface area contributed by atoms with Gasteiger partial charge in [-0.05, 0) is 30.5 Å². The van der Waals surface area contributed by atoms with E-state index in [-0.39, 0.29) is 5.56 Å². The van der Waals surface area contributed by atoms with Crippen molar-refractivity contribution in [1.82, 2.24) is 9.55 Å². The fourth-order valence-electron chi connectivity index (χ4n) is 3.86. The fourth-order valence-corrected chi connectivity index (χ4v) is 3.86. The zero-order valence-electron chi connectivity index (χ0n) is 16.1. The van der Waals surface area contributed by atoms with E-state index in [9.17, 15) is 14.7 Å². The van der Waals surface area contributed by atoms with Crippen LogP contribution in [-0.4, -0.2) is 20.4 Å². The van der Waals surface area contributed by atoms with Gasteiger partial charge in [0.2, 0.25) is 5.88 Å². The van der Waals surface area contributed by atoms with E-state index in [1.807, 2.05) is 61.5 Å². The molecule has 2 heterocycles. The number of benzene rings is 3. The highest BCUT2D eigenvalue weighted by Crippen LogP contribution is 2.36. The first-order chi connectivity index (χ1) is 14.5. The molecule has 1 aliphatic heterocycles. The smallest absolute Gasteiger partial charge is 0.335 e.